The van der Waals surface area contributed by atoms with Gasteiger partial charge in [0.15, 0.2) is 5.76 Å². The molecule has 2 rings (SSSR count). The molecule has 2 heterocycles. The van der Waals surface area contributed by atoms with Crippen molar-refractivity contribution in [2.24, 2.45) is 5.73 Å². The molecule has 17 heavy (non-hydrogen) atoms. The van der Waals surface area contributed by atoms with Gasteiger partial charge in [-0.1, -0.05) is 12.1 Å². The first-order valence-electron chi connectivity index (χ1n) is 5.77. The number of nitrogens with two attached hydrogens (primary N) is 1. The summed E-state index contributed by atoms with van der Waals surface area (Å²) in [6.45, 7) is 5.93. The monoisotopic (exact) mass is 235 g/mol. The molecular weight excluding hydrogens is 218 g/mol. The molecule has 0 aliphatic rings. The zero-order valence-electron chi connectivity index (χ0n) is 10.3. The van der Waals surface area contributed by atoms with Gasteiger partial charge in [0.05, 0.1) is 12.2 Å². The molecule has 0 saturated heterocycles. The molecule has 0 saturated carbocycles. The summed E-state index contributed by atoms with van der Waals surface area (Å²) in [5.41, 5.74) is 6.88. The second-order valence-corrected chi connectivity index (χ2v) is 4.26. The second kappa shape index (κ2) is 4.71. The SMILES string of the molecule is CCC(c1nc(-c2occc2C)no1)C(C)N. The fraction of sp³-hybridized carbons (Fsp3) is 0.500. The van der Waals surface area contributed by atoms with Crippen LogP contribution in [0.3, 0.4) is 0 Å². The van der Waals surface area contributed by atoms with Crippen molar-refractivity contribution in [3.63, 3.8) is 0 Å². The third-order valence-electron chi connectivity index (χ3n) is 2.90. The van der Waals surface area contributed by atoms with Crippen molar-refractivity contribution < 1.29 is 8.94 Å². The normalized spacial score (nSPS) is 14.8. The van der Waals surface area contributed by atoms with Gasteiger partial charge in [-0.15, -0.1) is 0 Å². The summed E-state index contributed by atoms with van der Waals surface area (Å²) in [7, 11) is 0. The Hall–Kier alpha value is -1.62. The molecule has 2 aromatic heterocycles. The molecule has 5 nitrogen and oxygen atoms in total. The molecule has 2 aromatic rings. The van der Waals surface area contributed by atoms with Gasteiger partial charge in [-0.2, -0.15) is 4.98 Å². The first-order valence-corrected chi connectivity index (χ1v) is 5.77. The third kappa shape index (κ3) is 2.24. The third-order valence-corrected chi connectivity index (χ3v) is 2.90. The highest BCUT2D eigenvalue weighted by molar-refractivity contribution is 5.51. The summed E-state index contributed by atoms with van der Waals surface area (Å²) in [5.74, 6) is 1.81. The van der Waals surface area contributed by atoms with Crippen molar-refractivity contribution in [2.45, 2.75) is 39.2 Å². The van der Waals surface area contributed by atoms with E-state index in [1.54, 1.807) is 6.26 Å². The molecule has 0 aliphatic heterocycles. The Balaban J connectivity index is 2.30. The van der Waals surface area contributed by atoms with E-state index in [1.165, 1.54) is 0 Å². The van der Waals surface area contributed by atoms with Gasteiger partial charge in [-0.05, 0) is 31.9 Å². The van der Waals surface area contributed by atoms with Gasteiger partial charge >= 0.3 is 0 Å². The number of aryl methyl sites for hydroxylation is 1. The smallest absolute Gasteiger partial charge is 0.238 e. The lowest BCUT2D eigenvalue weighted by Gasteiger charge is -2.13. The van der Waals surface area contributed by atoms with Gasteiger partial charge < -0.3 is 14.7 Å². The Kier molecular flexibility index (Phi) is 3.28. The van der Waals surface area contributed by atoms with Gasteiger partial charge in [-0.25, -0.2) is 0 Å². The summed E-state index contributed by atoms with van der Waals surface area (Å²) in [4.78, 5) is 4.35. The Bertz CT molecular complexity index is 487. The van der Waals surface area contributed by atoms with Crippen molar-refractivity contribution in [2.75, 3.05) is 0 Å². The van der Waals surface area contributed by atoms with Gasteiger partial charge in [0, 0.05) is 6.04 Å². The summed E-state index contributed by atoms with van der Waals surface area (Å²) >= 11 is 0. The maximum atomic E-state index is 5.89. The van der Waals surface area contributed by atoms with Crippen molar-refractivity contribution >= 4 is 0 Å². The van der Waals surface area contributed by atoms with E-state index in [2.05, 4.69) is 17.1 Å². The number of nitrogens with zero attached hydrogens (tertiary/aromatic N) is 2. The lowest BCUT2D eigenvalue weighted by molar-refractivity contribution is 0.333. The molecule has 2 unspecified atom stereocenters. The molecule has 0 radical (unpaired) electrons. The molecular formula is C12H17N3O2. The Morgan fingerprint density at radius 1 is 1.47 bits per heavy atom. The lowest BCUT2D eigenvalue weighted by atomic mass is 9.99. The zero-order valence-corrected chi connectivity index (χ0v) is 10.3. The number of hydrogen-bond donors (Lipinski definition) is 1. The predicted molar refractivity (Wildman–Crippen MR) is 63.4 cm³/mol. The van der Waals surface area contributed by atoms with Crippen molar-refractivity contribution in [1.29, 1.82) is 0 Å². The molecule has 92 valence electrons. The van der Waals surface area contributed by atoms with E-state index in [0.717, 1.165) is 12.0 Å². The van der Waals surface area contributed by atoms with Crippen LogP contribution in [-0.4, -0.2) is 16.2 Å². The first kappa shape index (κ1) is 11.9. The average molecular weight is 235 g/mol. The minimum absolute atomic E-state index is 0.00834. The molecule has 0 bridgehead atoms. The maximum absolute atomic E-state index is 5.89. The van der Waals surface area contributed by atoms with Crippen molar-refractivity contribution in [1.82, 2.24) is 10.1 Å². The zero-order chi connectivity index (χ0) is 12.4. The van der Waals surface area contributed by atoms with E-state index in [0.29, 0.717) is 17.5 Å². The standard InChI is InChI=1S/C12H17N3O2/c1-4-9(8(3)13)12-14-11(15-17-12)10-7(2)5-6-16-10/h5-6,8-9H,4,13H2,1-3H3. The molecule has 0 fully saturated rings. The number of aromatic nitrogens is 2. The molecule has 2 atom stereocenters. The van der Waals surface area contributed by atoms with Crippen LogP contribution in [0.4, 0.5) is 0 Å². The average Bonchev–Trinajstić information content (AvgIpc) is 2.87. The summed E-state index contributed by atoms with van der Waals surface area (Å²) in [5, 5.41) is 3.94. The maximum Gasteiger partial charge on any atom is 0.238 e. The highest BCUT2D eigenvalue weighted by Crippen LogP contribution is 2.25. The van der Waals surface area contributed by atoms with E-state index in [1.807, 2.05) is 19.9 Å². The number of furan rings is 1. The molecule has 0 aromatic carbocycles. The highest BCUT2D eigenvalue weighted by atomic mass is 16.5. The fourth-order valence-electron chi connectivity index (χ4n) is 1.85. The fourth-order valence-corrected chi connectivity index (χ4v) is 1.85. The first-order chi connectivity index (χ1) is 8.13. The molecule has 5 heteroatoms. The summed E-state index contributed by atoms with van der Waals surface area (Å²) < 4.78 is 10.6. The van der Waals surface area contributed by atoms with Gasteiger partial charge in [0.25, 0.3) is 0 Å². The van der Waals surface area contributed by atoms with E-state index < -0.39 is 0 Å². The Morgan fingerprint density at radius 2 is 2.24 bits per heavy atom. The summed E-state index contributed by atoms with van der Waals surface area (Å²) in [6.07, 6.45) is 2.49. The Morgan fingerprint density at radius 3 is 2.76 bits per heavy atom. The van der Waals surface area contributed by atoms with Gasteiger partial charge in [0.2, 0.25) is 11.7 Å². The minimum atomic E-state index is -0.00834. The van der Waals surface area contributed by atoms with Crippen LogP contribution in [0.15, 0.2) is 21.3 Å². The molecule has 0 amide bonds. The van der Waals surface area contributed by atoms with Crippen molar-refractivity contribution in [3.05, 3.63) is 23.8 Å². The quantitative estimate of drug-likeness (QED) is 0.880. The van der Waals surface area contributed by atoms with Gasteiger partial charge in [0.1, 0.15) is 0 Å². The van der Waals surface area contributed by atoms with Crippen LogP contribution < -0.4 is 5.73 Å². The van der Waals surface area contributed by atoms with Crippen LogP contribution in [0.2, 0.25) is 0 Å². The number of hydrogen-bond acceptors (Lipinski definition) is 5. The van der Waals surface area contributed by atoms with Crippen LogP contribution >= 0.6 is 0 Å². The van der Waals surface area contributed by atoms with Crippen LogP contribution in [0.5, 0.6) is 0 Å². The second-order valence-electron chi connectivity index (χ2n) is 4.26. The summed E-state index contributed by atoms with van der Waals surface area (Å²) in [6, 6.07) is 1.86. The van der Waals surface area contributed by atoms with Crippen molar-refractivity contribution in [3.8, 4) is 11.6 Å². The predicted octanol–water partition coefficient (Wildman–Crippen LogP) is 2.48. The highest BCUT2D eigenvalue weighted by Gasteiger charge is 2.22. The van der Waals surface area contributed by atoms with E-state index in [-0.39, 0.29) is 12.0 Å². The largest absolute Gasteiger partial charge is 0.461 e. The van der Waals surface area contributed by atoms with Gasteiger partial charge in [-0.3, -0.25) is 0 Å². The Labute approximate surface area is 100.0 Å². The topological polar surface area (TPSA) is 78.1 Å². The van der Waals surface area contributed by atoms with Crippen LogP contribution in [0.25, 0.3) is 11.6 Å². The van der Waals surface area contributed by atoms with Crippen LogP contribution in [-0.2, 0) is 0 Å². The molecule has 0 spiro atoms. The number of rotatable bonds is 4. The lowest BCUT2D eigenvalue weighted by Crippen LogP contribution is -2.24. The molecule has 0 aliphatic carbocycles. The van der Waals surface area contributed by atoms with E-state index >= 15 is 0 Å². The van der Waals surface area contributed by atoms with E-state index in [4.69, 9.17) is 14.7 Å². The van der Waals surface area contributed by atoms with Crippen LogP contribution in [0.1, 0.15) is 37.6 Å². The molecule has 2 N–H and O–H groups in total. The van der Waals surface area contributed by atoms with E-state index in [9.17, 15) is 0 Å². The van der Waals surface area contributed by atoms with Crippen LogP contribution in [0, 0.1) is 6.92 Å². The minimum Gasteiger partial charge on any atom is -0.461 e.